The molecule has 1 rings (SSSR count). The molecule has 1 unspecified atom stereocenters. The van der Waals surface area contributed by atoms with Crippen LogP contribution >= 0.6 is 0 Å². The summed E-state index contributed by atoms with van der Waals surface area (Å²) in [4.78, 5) is 0. The van der Waals surface area contributed by atoms with Crippen molar-refractivity contribution < 1.29 is 9.84 Å². The third-order valence-corrected chi connectivity index (χ3v) is 3.80. The summed E-state index contributed by atoms with van der Waals surface area (Å²) in [6.45, 7) is 4.22. The molecule has 1 heterocycles. The summed E-state index contributed by atoms with van der Waals surface area (Å²) >= 11 is 0. The lowest BCUT2D eigenvalue weighted by Gasteiger charge is -2.35. The van der Waals surface area contributed by atoms with Gasteiger partial charge in [-0.2, -0.15) is 0 Å². The van der Waals surface area contributed by atoms with Crippen molar-refractivity contribution in [1.82, 2.24) is 0 Å². The fourth-order valence-electron chi connectivity index (χ4n) is 2.59. The number of aliphatic hydroxyl groups is 1. The molecule has 96 valence electrons. The van der Waals surface area contributed by atoms with E-state index in [9.17, 15) is 5.11 Å². The van der Waals surface area contributed by atoms with Gasteiger partial charge in [-0.3, -0.25) is 0 Å². The molecule has 1 saturated heterocycles. The average Bonchev–Trinajstić information content (AvgIpc) is 2.35. The Hall–Kier alpha value is -0.0800. The Bertz CT molecular complexity index is 162. The SMILES string of the molecule is CCCCCCCCC1(CO)CCCOC1. The van der Waals surface area contributed by atoms with Crippen molar-refractivity contribution in [3.05, 3.63) is 0 Å². The minimum absolute atomic E-state index is 0.100. The number of ether oxygens (including phenoxy) is 1. The molecule has 2 nitrogen and oxygen atoms in total. The minimum atomic E-state index is 0.100. The normalized spacial score (nSPS) is 25.9. The molecule has 1 aliphatic heterocycles. The first-order valence-corrected chi connectivity index (χ1v) is 7.01. The fourth-order valence-corrected chi connectivity index (χ4v) is 2.59. The first-order chi connectivity index (χ1) is 7.83. The van der Waals surface area contributed by atoms with Crippen LogP contribution in [0.25, 0.3) is 0 Å². The molecule has 0 aromatic rings. The van der Waals surface area contributed by atoms with Gasteiger partial charge in [0.05, 0.1) is 13.2 Å². The van der Waals surface area contributed by atoms with Crippen molar-refractivity contribution in [2.75, 3.05) is 19.8 Å². The van der Waals surface area contributed by atoms with Crippen LogP contribution in [0.3, 0.4) is 0 Å². The Morgan fingerprint density at radius 2 is 1.88 bits per heavy atom. The summed E-state index contributed by atoms with van der Waals surface area (Å²) in [6, 6.07) is 0. The molecule has 2 heteroatoms. The fraction of sp³-hybridized carbons (Fsp3) is 1.00. The van der Waals surface area contributed by atoms with E-state index in [-0.39, 0.29) is 5.41 Å². The highest BCUT2D eigenvalue weighted by atomic mass is 16.5. The second-order valence-corrected chi connectivity index (χ2v) is 5.33. The van der Waals surface area contributed by atoms with Gasteiger partial charge in [0.2, 0.25) is 0 Å². The maximum atomic E-state index is 9.50. The number of aliphatic hydroxyl groups excluding tert-OH is 1. The van der Waals surface area contributed by atoms with Crippen LogP contribution in [-0.4, -0.2) is 24.9 Å². The highest BCUT2D eigenvalue weighted by Gasteiger charge is 2.31. The van der Waals surface area contributed by atoms with Crippen molar-refractivity contribution in [2.24, 2.45) is 5.41 Å². The Labute approximate surface area is 100 Å². The van der Waals surface area contributed by atoms with Gasteiger partial charge in [-0.25, -0.2) is 0 Å². The van der Waals surface area contributed by atoms with Gasteiger partial charge in [0.1, 0.15) is 0 Å². The summed E-state index contributed by atoms with van der Waals surface area (Å²) < 4.78 is 5.51. The Morgan fingerprint density at radius 3 is 2.50 bits per heavy atom. The maximum Gasteiger partial charge on any atom is 0.0544 e. The van der Waals surface area contributed by atoms with Gasteiger partial charge in [0.15, 0.2) is 0 Å². The molecule has 1 fully saturated rings. The van der Waals surface area contributed by atoms with Crippen LogP contribution in [0.4, 0.5) is 0 Å². The molecule has 1 N–H and O–H groups in total. The van der Waals surface area contributed by atoms with Crippen molar-refractivity contribution in [3.63, 3.8) is 0 Å². The summed E-state index contributed by atoms with van der Waals surface area (Å²) in [6.07, 6.45) is 11.4. The van der Waals surface area contributed by atoms with Crippen LogP contribution in [0, 0.1) is 5.41 Å². The smallest absolute Gasteiger partial charge is 0.0544 e. The highest BCUT2D eigenvalue weighted by Crippen LogP contribution is 2.33. The molecule has 0 radical (unpaired) electrons. The lowest BCUT2D eigenvalue weighted by atomic mass is 9.79. The summed E-state index contributed by atoms with van der Waals surface area (Å²) in [5.41, 5.74) is 0.100. The number of hydrogen-bond donors (Lipinski definition) is 1. The van der Waals surface area contributed by atoms with Gasteiger partial charge < -0.3 is 9.84 Å². The monoisotopic (exact) mass is 228 g/mol. The molecule has 0 aromatic carbocycles. The summed E-state index contributed by atoms with van der Waals surface area (Å²) in [7, 11) is 0. The van der Waals surface area contributed by atoms with E-state index in [1.165, 1.54) is 38.5 Å². The minimum Gasteiger partial charge on any atom is -0.396 e. The summed E-state index contributed by atoms with van der Waals surface area (Å²) in [5, 5.41) is 9.50. The van der Waals surface area contributed by atoms with Gasteiger partial charge in [-0.05, 0) is 19.3 Å². The van der Waals surface area contributed by atoms with Crippen LogP contribution < -0.4 is 0 Å². The van der Waals surface area contributed by atoms with Crippen molar-refractivity contribution in [1.29, 1.82) is 0 Å². The molecule has 1 aliphatic rings. The van der Waals surface area contributed by atoms with E-state index < -0.39 is 0 Å². The van der Waals surface area contributed by atoms with Crippen LogP contribution in [0.2, 0.25) is 0 Å². The first-order valence-electron chi connectivity index (χ1n) is 7.01. The molecule has 16 heavy (non-hydrogen) atoms. The van der Waals surface area contributed by atoms with E-state index in [2.05, 4.69) is 6.92 Å². The van der Waals surface area contributed by atoms with E-state index >= 15 is 0 Å². The lowest BCUT2D eigenvalue weighted by molar-refractivity contribution is -0.0440. The van der Waals surface area contributed by atoms with Gasteiger partial charge in [0.25, 0.3) is 0 Å². The predicted molar refractivity (Wildman–Crippen MR) is 67.6 cm³/mol. The van der Waals surface area contributed by atoms with Gasteiger partial charge in [-0.1, -0.05) is 45.4 Å². The van der Waals surface area contributed by atoms with Crippen molar-refractivity contribution in [3.8, 4) is 0 Å². The van der Waals surface area contributed by atoms with E-state index in [0.717, 1.165) is 32.5 Å². The zero-order valence-electron chi connectivity index (χ0n) is 10.8. The Balaban J connectivity index is 2.08. The van der Waals surface area contributed by atoms with E-state index in [1.807, 2.05) is 0 Å². The van der Waals surface area contributed by atoms with Gasteiger partial charge in [0, 0.05) is 12.0 Å². The molecule has 0 saturated carbocycles. The second-order valence-electron chi connectivity index (χ2n) is 5.33. The second kappa shape index (κ2) is 8.08. The largest absolute Gasteiger partial charge is 0.396 e. The molecular formula is C14H28O2. The van der Waals surface area contributed by atoms with Crippen LogP contribution in [0.1, 0.15) is 64.7 Å². The van der Waals surface area contributed by atoms with E-state index in [4.69, 9.17) is 4.74 Å². The molecule has 0 amide bonds. The molecule has 1 atom stereocenters. The standard InChI is InChI=1S/C14H28O2/c1-2-3-4-5-6-7-9-14(12-15)10-8-11-16-13-14/h15H,2-13H2,1H3. The molecule has 0 aromatic heterocycles. The van der Waals surface area contributed by atoms with E-state index in [1.54, 1.807) is 0 Å². The van der Waals surface area contributed by atoms with Crippen LogP contribution in [-0.2, 0) is 4.74 Å². The number of rotatable bonds is 8. The zero-order chi connectivity index (χ0) is 11.7. The average molecular weight is 228 g/mol. The third-order valence-electron chi connectivity index (χ3n) is 3.80. The Kier molecular flexibility index (Phi) is 7.06. The topological polar surface area (TPSA) is 29.5 Å². The van der Waals surface area contributed by atoms with Gasteiger partial charge in [-0.15, -0.1) is 0 Å². The highest BCUT2D eigenvalue weighted by molar-refractivity contribution is 4.81. The number of unbranched alkanes of at least 4 members (excludes halogenated alkanes) is 5. The quantitative estimate of drug-likeness (QED) is 0.644. The summed E-state index contributed by atoms with van der Waals surface area (Å²) in [5.74, 6) is 0. The molecule has 0 spiro atoms. The molecular weight excluding hydrogens is 200 g/mol. The predicted octanol–water partition coefficient (Wildman–Crippen LogP) is 3.53. The maximum absolute atomic E-state index is 9.50. The Morgan fingerprint density at radius 1 is 1.12 bits per heavy atom. The van der Waals surface area contributed by atoms with Crippen molar-refractivity contribution >= 4 is 0 Å². The molecule has 0 bridgehead atoms. The van der Waals surface area contributed by atoms with Crippen LogP contribution in [0.15, 0.2) is 0 Å². The number of hydrogen-bond acceptors (Lipinski definition) is 2. The first kappa shape index (κ1) is 14.0. The van der Waals surface area contributed by atoms with Gasteiger partial charge >= 0.3 is 0 Å². The third kappa shape index (κ3) is 4.84. The van der Waals surface area contributed by atoms with Crippen molar-refractivity contribution in [2.45, 2.75) is 64.7 Å². The van der Waals surface area contributed by atoms with Crippen LogP contribution in [0.5, 0.6) is 0 Å². The molecule has 0 aliphatic carbocycles. The lowest BCUT2D eigenvalue weighted by Crippen LogP contribution is -2.35. The zero-order valence-corrected chi connectivity index (χ0v) is 10.8. The van der Waals surface area contributed by atoms with E-state index in [0.29, 0.717) is 6.61 Å².